The summed E-state index contributed by atoms with van der Waals surface area (Å²) >= 11 is 0. The zero-order valence-corrected chi connectivity index (χ0v) is 7.48. The minimum absolute atomic E-state index is 0.129. The predicted octanol–water partition coefficient (Wildman–Crippen LogP) is -1.15. The summed E-state index contributed by atoms with van der Waals surface area (Å²) in [6.45, 7) is 1.78. The van der Waals surface area contributed by atoms with Crippen LogP contribution in [0.25, 0.3) is 0 Å². The summed E-state index contributed by atoms with van der Waals surface area (Å²) in [5.41, 5.74) is 9.22. The van der Waals surface area contributed by atoms with Crippen LogP contribution in [0.1, 0.15) is 5.69 Å². The van der Waals surface area contributed by atoms with Crippen LogP contribution in [0, 0.1) is 6.92 Å². The maximum Gasteiger partial charge on any atom is 0.222 e. The van der Waals surface area contributed by atoms with E-state index in [0.717, 1.165) is 4.57 Å². The number of aromatic nitrogens is 2. The van der Waals surface area contributed by atoms with Gasteiger partial charge in [0.25, 0.3) is 0 Å². The molecule has 13 heavy (non-hydrogen) atoms. The van der Waals surface area contributed by atoms with Crippen LogP contribution in [0.4, 0.5) is 5.95 Å². The van der Waals surface area contributed by atoms with E-state index in [0.29, 0.717) is 17.6 Å². The van der Waals surface area contributed by atoms with Gasteiger partial charge in [0.05, 0.1) is 0 Å². The van der Waals surface area contributed by atoms with Crippen LogP contribution in [0.5, 0.6) is 0 Å². The maximum atomic E-state index is 10.6. The van der Waals surface area contributed by atoms with Crippen LogP contribution < -0.4 is 16.6 Å². The standard InChI is InChI=1S/C7H11N5O/c1-5-3-6(11-9-2)12(4-13)7(8)10-5/h3-4,9H,1-2H3,(H2,8,10)/b11-6-. The molecule has 0 radical (unpaired) electrons. The normalized spacial score (nSPS) is 11.4. The van der Waals surface area contributed by atoms with Crippen molar-refractivity contribution in [3.8, 4) is 0 Å². The quantitative estimate of drug-likeness (QED) is 0.445. The number of aryl methyl sites for hydroxylation is 1. The number of nitrogens with zero attached hydrogens (tertiary/aromatic N) is 3. The van der Waals surface area contributed by atoms with E-state index >= 15 is 0 Å². The smallest absolute Gasteiger partial charge is 0.222 e. The lowest BCUT2D eigenvalue weighted by molar-refractivity contribution is 0.544. The Morgan fingerprint density at radius 3 is 3.00 bits per heavy atom. The molecule has 0 aliphatic heterocycles. The number of anilines is 1. The van der Waals surface area contributed by atoms with Gasteiger partial charge in [0.15, 0.2) is 5.49 Å². The minimum Gasteiger partial charge on any atom is -0.369 e. The summed E-state index contributed by atoms with van der Waals surface area (Å²) in [6, 6.07) is 1.65. The Morgan fingerprint density at radius 2 is 2.46 bits per heavy atom. The van der Waals surface area contributed by atoms with Gasteiger partial charge in [0, 0.05) is 18.8 Å². The van der Waals surface area contributed by atoms with E-state index in [1.54, 1.807) is 20.0 Å². The Hall–Kier alpha value is -1.85. The first-order valence-electron chi connectivity index (χ1n) is 3.70. The number of nitrogens with one attached hydrogen (secondary N) is 1. The molecule has 0 aromatic carbocycles. The SMILES string of the molecule is CN/N=c1/cc(C)nc(N)n1C=O. The number of hydrogen-bond donors (Lipinski definition) is 2. The topological polar surface area (TPSA) is 85.3 Å². The fraction of sp³-hybridized carbons (Fsp3) is 0.286. The molecule has 0 aliphatic rings. The van der Waals surface area contributed by atoms with Gasteiger partial charge in [-0.1, -0.05) is 0 Å². The molecule has 0 atom stereocenters. The molecule has 0 fully saturated rings. The van der Waals surface area contributed by atoms with E-state index in [4.69, 9.17) is 5.73 Å². The number of nitrogen functional groups attached to an aromatic ring is 1. The second kappa shape index (κ2) is 3.70. The van der Waals surface area contributed by atoms with E-state index in [2.05, 4.69) is 15.5 Å². The molecule has 0 spiro atoms. The van der Waals surface area contributed by atoms with Gasteiger partial charge in [0.2, 0.25) is 12.4 Å². The first-order chi connectivity index (χ1) is 6.19. The van der Waals surface area contributed by atoms with E-state index in [-0.39, 0.29) is 5.95 Å². The minimum atomic E-state index is 0.129. The lowest BCUT2D eigenvalue weighted by Crippen LogP contribution is -2.27. The summed E-state index contributed by atoms with van der Waals surface area (Å²) < 4.78 is 1.16. The Balaban J connectivity index is 3.47. The number of hydrogen-bond acceptors (Lipinski definition) is 5. The van der Waals surface area contributed by atoms with Gasteiger partial charge in [-0.05, 0) is 6.92 Å². The Morgan fingerprint density at radius 1 is 1.77 bits per heavy atom. The highest BCUT2D eigenvalue weighted by Crippen LogP contribution is 1.92. The van der Waals surface area contributed by atoms with Crippen molar-refractivity contribution >= 4 is 12.4 Å². The maximum absolute atomic E-state index is 10.6. The number of carbonyl (C=O) groups excluding carboxylic acids is 1. The molecule has 6 nitrogen and oxygen atoms in total. The molecule has 1 rings (SSSR count). The molecule has 70 valence electrons. The van der Waals surface area contributed by atoms with Crippen molar-refractivity contribution in [3.63, 3.8) is 0 Å². The van der Waals surface area contributed by atoms with Crippen LogP contribution in [0.2, 0.25) is 0 Å². The third-order valence-corrected chi connectivity index (χ3v) is 1.45. The average Bonchev–Trinajstić information content (AvgIpc) is 2.04. The molecular formula is C7H11N5O. The van der Waals surface area contributed by atoms with Crippen LogP contribution in [-0.2, 0) is 4.79 Å². The molecule has 1 aromatic rings. The summed E-state index contributed by atoms with van der Waals surface area (Å²) in [7, 11) is 1.64. The molecule has 1 heterocycles. The Bertz CT molecular complexity index is 381. The van der Waals surface area contributed by atoms with Crippen molar-refractivity contribution in [1.29, 1.82) is 0 Å². The summed E-state index contributed by atoms with van der Waals surface area (Å²) in [5.74, 6) is 0.129. The average molecular weight is 181 g/mol. The molecule has 0 aliphatic carbocycles. The lowest BCUT2D eigenvalue weighted by atomic mass is 10.4. The fourth-order valence-corrected chi connectivity index (χ4v) is 0.949. The molecule has 1 aromatic heterocycles. The van der Waals surface area contributed by atoms with Gasteiger partial charge in [-0.2, -0.15) is 5.10 Å². The third-order valence-electron chi connectivity index (χ3n) is 1.45. The highest BCUT2D eigenvalue weighted by molar-refractivity contribution is 5.56. The van der Waals surface area contributed by atoms with Crippen molar-refractivity contribution in [2.24, 2.45) is 5.10 Å². The van der Waals surface area contributed by atoms with Crippen molar-refractivity contribution in [2.75, 3.05) is 12.8 Å². The van der Waals surface area contributed by atoms with Crippen molar-refractivity contribution < 1.29 is 4.79 Å². The molecule has 6 heteroatoms. The van der Waals surface area contributed by atoms with E-state index in [1.165, 1.54) is 0 Å². The lowest BCUT2D eigenvalue weighted by Gasteiger charge is -2.02. The van der Waals surface area contributed by atoms with E-state index in [1.807, 2.05) is 0 Å². The first-order valence-corrected chi connectivity index (χ1v) is 3.70. The van der Waals surface area contributed by atoms with Crippen LogP contribution in [0.3, 0.4) is 0 Å². The van der Waals surface area contributed by atoms with Gasteiger partial charge in [-0.15, -0.1) is 0 Å². The number of carbonyl (C=O) groups is 1. The summed E-state index contributed by atoms with van der Waals surface area (Å²) in [4.78, 5) is 14.5. The van der Waals surface area contributed by atoms with Gasteiger partial charge < -0.3 is 11.2 Å². The second-order valence-corrected chi connectivity index (χ2v) is 2.42. The molecular weight excluding hydrogens is 170 g/mol. The monoisotopic (exact) mass is 181 g/mol. The van der Waals surface area contributed by atoms with Crippen molar-refractivity contribution in [3.05, 3.63) is 17.2 Å². The largest absolute Gasteiger partial charge is 0.369 e. The zero-order chi connectivity index (χ0) is 9.84. The zero-order valence-electron chi connectivity index (χ0n) is 7.48. The van der Waals surface area contributed by atoms with E-state index < -0.39 is 0 Å². The molecule has 0 bridgehead atoms. The van der Waals surface area contributed by atoms with Gasteiger partial charge in [-0.3, -0.25) is 4.79 Å². The third kappa shape index (κ3) is 1.84. The first kappa shape index (κ1) is 9.24. The fourth-order valence-electron chi connectivity index (χ4n) is 0.949. The van der Waals surface area contributed by atoms with Crippen molar-refractivity contribution in [1.82, 2.24) is 15.0 Å². The molecule has 3 N–H and O–H groups in total. The Labute approximate surface area is 75.1 Å². The van der Waals surface area contributed by atoms with Crippen LogP contribution in [-0.4, -0.2) is 23.0 Å². The van der Waals surface area contributed by atoms with Crippen LogP contribution >= 0.6 is 0 Å². The highest BCUT2D eigenvalue weighted by atomic mass is 16.1. The van der Waals surface area contributed by atoms with Crippen molar-refractivity contribution in [2.45, 2.75) is 6.92 Å². The van der Waals surface area contributed by atoms with E-state index in [9.17, 15) is 4.79 Å². The molecule has 0 unspecified atom stereocenters. The van der Waals surface area contributed by atoms with Gasteiger partial charge >= 0.3 is 0 Å². The van der Waals surface area contributed by atoms with Gasteiger partial charge in [-0.25, -0.2) is 9.55 Å². The molecule has 0 saturated heterocycles. The summed E-state index contributed by atoms with van der Waals surface area (Å²) in [5, 5.41) is 3.86. The number of rotatable bonds is 2. The van der Waals surface area contributed by atoms with Crippen LogP contribution in [0.15, 0.2) is 11.2 Å². The molecule has 0 saturated carbocycles. The summed E-state index contributed by atoms with van der Waals surface area (Å²) in [6.07, 6.45) is 0.567. The van der Waals surface area contributed by atoms with Gasteiger partial charge in [0.1, 0.15) is 0 Å². The predicted molar refractivity (Wildman–Crippen MR) is 48.1 cm³/mol. The molecule has 0 amide bonds. The highest BCUT2D eigenvalue weighted by Gasteiger charge is 1.99. The number of nitrogens with two attached hydrogens (primary N) is 1. The second-order valence-electron chi connectivity index (χ2n) is 2.42. The Kier molecular flexibility index (Phi) is 2.63.